The van der Waals surface area contributed by atoms with E-state index in [0.29, 0.717) is 0 Å². The highest BCUT2D eigenvalue weighted by molar-refractivity contribution is 7.98. The summed E-state index contributed by atoms with van der Waals surface area (Å²) in [6.07, 6.45) is 1.81. The van der Waals surface area contributed by atoms with Gasteiger partial charge in [0.1, 0.15) is 0 Å². The van der Waals surface area contributed by atoms with E-state index >= 15 is 0 Å². The fourth-order valence-corrected chi connectivity index (χ4v) is 3.69. The average Bonchev–Trinajstić information content (AvgIpc) is 3.19. The summed E-state index contributed by atoms with van der Waals surface area (Å²) in [5.74, 6) is -2.61. The SMILES string of the molecule is CSc1ccc(N2CC(C(=O)N3CCC(F)(C(=O)O)C3)CC2=O)cc1. The van der Waals surface area contributed by atoms with E-state index in [4.69, 9.17) is 5.11 Å². The van der Waals surface area contributed by atoms with Crippen LogP contribution in [-0.2, 0) is 14.4 Å². The lowest BCUT2D eigenvalue weighted by molar-refractivity contribution is -0.150. The third-order valence-electron chi connectivity index (χ3n) is 4.77. The van der Waals surface area contributed by atoms with E-state index in [1.807, 2.05) is 30.5 Å². The van der Waals surface area contributed by atoms with E-state index in [0.717, 1.165) is 10.6 Å². The van der Waals surface area contributed by atoms with Crippen LogP contribution in [0.15, 0.2) is 29.2 Å². The Labute approximate surface area is 149 Å². The molecule has 0 aromatic heterocycles. The van der Waals surface area contributed by atoms with Gasteiger partial charge in [0.15, 0.2) is 0 Å². The molecule has 134 valence electrons. The van der Waals surface area contributed by atoms with Crippen LogP contribution in [0.3, 0.4) is 0 Å². The molecule has 0 bridgehead atoms. The lowest BCUT2D eigenvalue weighted by Gasteiger charge is -2.21. The Balaban J connectivity index is 1.68. The first-order valence-electron chi connectivity index (χ1n) is 7.99. The van der Waals surface area contributed by atoms with Crippen LogP contribution in [0, 0.1) is 5.92 Å². The number of hydrogen-bond acceptors (Lipinski definition) is 4. The largest absolute Gasteiger partial charge is 0.479 e. The van der Waals surface area contributed by atoms with E-state index in [-0.39, 0.29) is 37.7 Å². The Morgan fingerprint density at radius 3 is 2.56 bits per heavy atom. The topological polar surface area (TPSA) is 77.9 Å². The Bertz CT molecular complexity index is 711. The van der Waals surface area contributed by atoms with Gasteiger partial charge in [-0.15, -0.1) is 11.8 Å². The highest BCUT2D eigenvalue weighted by atomic mass is 32.2. The van der Waals surface area contributed by atoms with Crippen molar-refractivity contribution in [2.45, 2.75) is 23.4 Å². The Morgan fingerprint density at radius 2 is 2.00 bits per heavy atom. The normalized spacial score (nSPS) is 26.3. The van der Waals surface area contributed by atoms with E-state index in [1.54, 1.807) is 16.7 Å². The van der Waals surface area contributed by atoms with Crippen LogP contribution in [0.1, 0.15) is 12.8 Å². The maximum atomic E-state index is 14.1. The molecule has 2 heterocycles. The quantitative estimate of drug-likeness (QED) is 0.822. The number of carboxylic acids is 1. The van der Waals surface area contributed by atoms with Crippen molar-refractivity contribution in [3.63, 3.8) is 0 Å². The molecule has 0 saturated carbocycles. The van der Waals surface area contributed by atoms with Crippen molar-refractivity contribution in [3.05, 3.63) is 24.3 Å². The van der Waals surface area contributed by atoms with Gasteiger partial charge < -0.3 is 14.9 Å². The molecule has 2 saturated heterocycles. The van der Waals surface area contributed by atoms with Gasteiger partial charge in [-0.2, -0.15) is 0 Å². The molecule has 2 fully saturated rings. The summed E-state index contributed by atoms with van der Waals surface area (Å²) >= 11 is 1.60. The number of carbonyl (C=O) groups excluding carboxylic acids is 2. The van der Waals surface area contributed by atoms with E-state index in [2.05, 4.69) is 0 Å². The van der Waals surface area contributed by atoms with Gasteiger partial charge in [0.25, 0.3) is 0 Å². The molecule has 2 amide bonds. The smallest absolute Gasteiger partial charge is 0.343 e. The summed E-state index contributed by atoms with van der Waals surface area (Å²) < 4.78 is 14.1. The fourth-order valence-electron chi connectivity index (χ4n) is 3.28. The number of likely N-dealkylation sites (tertiary alicyclic amines) is 1. The molecule has 3 rings (SSSR count). The van der Waals surface area contributed by atoms with Crippen molar-refractivity contribution in [1.29, 1.82) is 0 Å². The number of halogens is 1. The second kappa shape index (κ2) is 6.67. The van der Waals surface area contributed by atoms with Crippen LogP contribution in [0.25, 0.3) is 0 Å². The molecule has 1 aromatic carbocycles. The van der Waals surface area contributed by atoms with Crippen molar-refractivity contribution >= 4 is 35.2 Å². The molecule has 1 aromatic rings. The number of carbonyl (C=O) groups is 3. The number of benzene rings is 1. The zero-order valence-corrected chi connectivity index (χ0v) is 14.6. The predicted molar refractivity (Wildman–Crippen MR) is 91.4 cm³/mol. The van der Waals surface area contributed by atoms with E-state index in [9.17, 15) is 18.8 Å². The van der Waals surface area contributed by atoms with Gasteiger partial charge in [-0.1, -0.05) is 0 Å². The van der Waals surface area contributed by atoms with Crippen molar-refractivity contribution in [3.8, 4) is 0 Å². The molecule has 2 aliphatic heterocycles. The zero-order chi connectivity index (χ0) is 18.2. The highest BCUT2D eigenvalue weighted by Gasteiger charge is 2.48. The van der Waals surface area contributed by atoms with Crippen molar-refractivity contribution in [2.75, 3.05) is 30.8 Å². The zero-order valence-electron chi connectivity index (χ0n) is 13.8. The number of aliphatic carboxylic acids is 1. The number of thioether (sulfide) groups is 1. The number of carboxylic acid groups (broad SMARTS) is 1. The van der Waals surface area contributed by atoms with Gasteiger partial charge in [-0.25, -0.2) is 9.18 Å². The maximum Gasteiger partial charge on any atom is 0.343 e. The Hall–Kier alpha value is -2.09. The third-order valence-corrected chi connectivity index (χ3v) is 5.52. The standard InChI is InChI=1S/C17H19FN2O4S/c1-25-13-4-2-12(3-5-13)20-9-11(8-14(20)21)15(22)19-7-6-17(18,10-19)16(23)24/h2-5,11H,6-10H2,1H3,(H,23,24). The molecule has 25 heavy (non-hydrogen) atoms. The van der Waals surface area contributed by atoms with Crippen LogP contribution < -0.4 is 4.90 Å². The molecular formula is C17H19FN2O4S. The average molecular weight is 366 g/mol. The van der Waals surface area contributed by atoms with Crippen molar-refractivity contribution in [1.82, 2.24) is 4.90 Å². The minimum atomic E-state index is -2.38. The lowest BCUT2D eigenvalue weighted by atomic mass is 10.1. The van der Waals surface area contributed by atoms with Gasteiger partial charge in [0.05, 0.1) is 12.5 Å². The molecule has 1 N–H and O–H groups in total. The second-order valence-electron chi connectivity index (χ2n) is 6.38. The minimum Gasteiger partial charge on any atom is -0.479 e. The Kier molecular flexibility index (Phi) is 4.73. The first-order valence-corrected chi connectivity index (χ1v) is 9.22. The molecular weight excluding hydrogens is 347 g/mol. The molecule has 2 unspecified atom stereocenters. The number of nitrogens with zero attached hydrogens (tertiary/aromatic N) is 2. The number of alkyl halides is 1. The number of hydrogen-bond donors (Lipinski definition) is 1. The van der Waals surface area contributed by atoms with Gasteiger partial charge in [0, 0.05) is 36.5 Å². The molecule has 2 atom stereocenters. The summed E-state index contributed by atoms with van der Waals surface area (Å²) in [6, 6.07) is 7.49. The van der Waals surface area contributed by atoms with E-state index in [1.165, 1.54) is 4.90 Å². The van der Waals surface area contributed by atoms with Crippen LogP contribution in [0.4, 0.5) is 10.1 Å². The summed E-state index contributed by atoms with van der Waals surface area (Å²) in [4.78, 5) is 39.7. The number of anilines is 1. The first kappa shape index (κ1) is 17.7. The van der Waals surface area contributed by atoms with Crippen LogP contribution in [0.5, 0.6) is 0 Å². The molecule has 0 spiro atoms. The summed E-state index contributed by atoms with van der Waals surface area (Å²) in [5, 5.41) is 8.94. The summed E-state index contributed by atoms with van der Waals surface area (Å²) in [7, 11) is 0. The van der Waals surface area contributed by atoms with Gasteiger partial charge >= 0.3 is 5.97 Å². The third kappa shape index (κ3) is 3.35. The van der Waals surface area contributed by atoms with Gasteiger partial charge in [-0.05, 0) is 30.5 Å². The monoisotopic (exact) mass is 366 g/mol. The van der Waals surface area contributed by atoms with E-state index < -0.39 is 24.1 Å². The van der Waals surface area contributed by atoms with Crippen LogP contribution >= 0.6 is 11.8 Å². The van der Waals surface area contributed by atoms with Crippen molar-refractivity contribution < 1.29 is 23.9 Å². The van der Waals surface area contributed by atoms with Crippen molar-refractivity contribution in [2.24, 2.45) is 5.92 Å². The lowest BCUT2D eigenvalue weighted by Crippen LogP contribution is -2.41. The second-order valence-corrected chi connectivity index (χ2v) is 7.26. The molecule has 6 nitrogen and oxygen atoms in total. The molecule has 2 aliphatic rings. The number of amides is 2. The number of rotatable bonds is 4. The Morgan fingerprint density at radius 1 is 1.32 bits per heavy atom. The minimum absolute atomic E-state index is 0.0615. The summed E-state index contributed by atoms with van der Waals surface area (Å²) in [6.45, 7) is -0.151. The molecule has 0 radical (unpaired) electrons. The van der Waals surface area contributed by atoms with Gasteiger partial charge in [-0.3, -0.25) is 9.59 Å². The van der Waals surface area contributed by atoms with Crippen LogP contribution in [-0.4, -0.2) is 59.3 Å². The molecule has 8 heteroatoms. The fraction of sp³-hybridized carbons (Fsp3) is 0.471. The van der Waals surface area contributed by atoms with Gasteiger partial charge in [0.2, 0.25) is 17.5 Å². The highest BCUT2D eigenvalue weighted by Crippen LogP contribution is 2.31. The maximum absolute atomic E-state index is 14.1. The summed E-state index contributed by atoms with van der Waals surface area (Å²) in [5.41, 5.74) is -1.66. The first-order chi connectivity index (χ1) is 11.8. The van der Waals surface area contributed by atoms with Crippen LogP contribution in [0.2, 0.25) is 0 Å². The molecule has 0 aliphatic carbocycles. The predicted octanol–water partition coefficient (Wildman–Crippen LogP) is 1.79.